The van der Waals surface area contributed by atoms with E-state index in [0.717, 1.165) is 29.6 Å². The Morgan fingerprint density at radius 2 is 0.467 bits per heavy atom. The van der Waals surface area contributed by atoms with Gasteiger partial charge in [0.1, 0.15) is 0 Å². The minimum atomic E-state index is 0. The minimum Gasteiger partial charge on any atom is -0.147 e. The molecule has 0 nitrogen and oxygen atoms in total. The van der Waals surface area contributed by atoms with Crippen molar-refractivity contribution in [3.8, 4) is 0 Å². The average Bonchev–Trinajstić information content (AvgIpc) is 2.07. The maximum absolute atomic E-state index is 2.40. The molecular formula is C10H24Cl4Rh. The van der Waals surface area contributed by atoms with Crippen molar-refractivity contribution in [2.75, 3.05) is 0 Å². The molecule has 0 aromatic carbocycles. The van der Waals surface area contributed by atoms with Gasteiger partial charge >= 0.3 is 0 Å². The summed E-state index contributed by atoms with van der Waals surface area (Å²) in [6.45, 7) is 12.0. The Morgan fingerprint density at radius 3 is 0.533 bits per heavy atom. The van der Waals surface area contributed by atoms with Crippen molar-refractivity contribution in [1.29, 1.82) is 0 Å². The fraction of sp³-hybridized carbons (Fsp3) is 1.00. The Morgan fingerprint density at radius 1 is 0.400 bits per heavy atom. The first-order valence-corrected chi connectivity index (χ1v) is 4.55. The monoisotopic (exact) mass is 387 g/mol. The van der Waals surface area contributed by atoms with Gasteiger partial charge in [-0.25, -0.2) is 0 Å². The van der Waals surface area contributed by atoms with Gasteiger partial charge < -0.3 is 0 Å². The number of hydrogen-bond donors (Lipinski definition) is 0. The number of rotatable bonds is 0. The van der Waals surface area contributed by atoms with Gasteiger partial charge in [0, 0.05) is 19.5 Å². The first-order chi connectivity index (χ1) is 4.55. The smallest absolute Gasteiger partial charge is 0 e. The molecule has 15 heavy (non-hydrogen) atoms. The van der Waals surface area contributed by atoms with Crippen molar-refractivity contribution in [3.63, 3.8) is 0 Å². The molecule has 0 bridgehead atoms. The zero-order valence-electron chi connectivity index (χ0n) is 9.85. The normalized spacial score (nSPS) is 37.0. The summed E-state index contributed by atoms with van der Waals surface area (Å²) < 4.78 is 0. The molecule has 1 rings (SSSR count). The van der Waals surface area contributed by atoms with Crippen LogP contribution in [0, 0.1) is 29.6 Å². The number of halogens is 4. The molecular weight excluding hydrogens is 365 g/mol. The Labute approximate surface area is 133 Å². The van der Waals surface area contributed by atoms with E-state index in [1.807, 2.05) is 0 Å². The summed E-state index contributed by atoms with van der Waals surface area (Å²) in [5, 5.41) is 0. The standard InChI is InChI=1S/C10H20.4ClH.Rh/c1-6-7(2)9(4)10(5)8(6)3;;;;;/h6-10H,1-5H3;4*1H;. The van der Waals surface area contributed by atoms with Gasteiger partial charge in [-0.15, -0.1) is 49.6 Å². The molecule has 0 heterocycles. The molecule has 1 fully saturated rings. The maximum atomic E-state index is 2.40. The minimum absolute atomic E-state index is 0. The Balaban J connectivity index is -0.0000000667. The van der Waals surface area contributed by atoms with Crippen molar-refractivity contribution in [3.05, 3.63) is 0 Å². The molecule has 0 atom stereocenters. The molecule has 1 radical (unpaired) electrons. The molecule has 0 spiro atoms. The Hall–Kier alpha value is 1.78. The topological polar surface area (TPSA) is 0 Å². The third-order valence-electron chi connectivity index (χ3n) is 4.15. The summed E-state index contributed by atoms with van der Waals surface area (Å²) in [4.78, 5) is 0. The average molecular weight is 389 g/mol. The van der Waals surface area contributed by atoms with Gasteiger partial charge in [0.15, 0.2) is 0 Å². The summed E-state index contributed by atoms with van der Waals surface area (Å²) in [7, 11) is 0. The molecule has 0 aliphatic heterocycles. The van der Waals surface area contributed by atoms with Crippen LogP contribution in [0.1, 0.15) is 34.6 Å². The van der Waals surface area contributed by atoms with Gasteiger partial charge in [0.05, 0.1) is 0 Å². The summed E-state index contributed by atoms with van der Waals surface area (Å²) >= 11 is 0. The van der Waals surface area contributed by atoms with Gasteiger partial charge in [-0.2, -0.15) is 0 Å². The van der Waals surface area contributed by atoms with Crippen molar-refractivity contribution >= 4 is 49.6 Å². The van der Waals surface area contributed by atoms with E-state index in [1.165, 1.54) is 0 Å². The fourth-order valence-corrected chi connectivity index (χ4v) is 2.39. The molecule has 0 amide bonds. The molecule has 1 aliphatic rings. The number of hydrogen-bond acceptors (Lipinski definition) is 0. The van der Waals surface area contributed by atoms with Gasteiger partial charge in [-0.1, -0.05) is 34.6 Å². The van der Waals surface area contributed by atoms with Gasteiger partial charge in [-0.3, -0.25) is 0 Å². The zero-order valence-corrected chi connectivity index (χ0v) is 14.8. The van der Waals surface area contributed by atoms with Crippen LogP contribution in [0.4, 0.5) is 0 Å². The van der Waals surface area contributed by atoms with Gasteiger partial charge in [-0.05, 0) is 29.6 Å². The Kier molecular flexibility index (Phi) is 24.6. The first-order valence-electron chi connectivity index (χ1n) is 4.55. The van der Waals surface area contributed by atoms with Crippen molar-refractivity contribution in [1.82, 2.24) is 0 Å². The summed E-state index contributed by atoms with van der Waals surface area (Å²) in [5.74, 6) is 4.68. The molecule has 0 N–H and O–H groups in total. The molecule has 0 saturated heterocycles. The zero-order chi connectivity index (χ0) is 7.89. The van der Waals surface area contributed by atoms with Crippen molar-refractivity contribution in [2.45, 2.75) is 34.6 Å². The molecule has 0 aromatic heterocycles. The van der Waals surface area contributed by atoms with Crippen LogP contribution in [-0.4, -0.2) is 0 Å². The largest absolute Gasteiger partial charge is 0.147 e. The Bertz CT molecular complexity index is 89.8. The van der Waals surface area contributed by atoms with Crippen LogP contribution in [0.25, 0.3) is 0 Å². The molecule has 1 saturated carbocycles. The third kappa shape index (κ3) is 6.32. The molecule has 0 unspecified atom stereocenters. The third-order valence-corrected chi connectivity index (χ3v) is 4.15. The van der Waals surface area contributed by atoms with E-state index < -0.39 is 0 Å². The van der Waals surface area contributed by atoms with E-state index in [-0.39, 0.29) is 69.1 Å². The molecule has 5 heteroatoms. The summed E-state index contributed by atoms with van der Waals surface area (Å²) in [5.41, 5.74) is 0. The van der Waals surface area contributed by atoms with Crippen molar-refractivity contribution < 1.29 is 19.5 Å². The van der Waals surface area contributed by atoms with Crippen molar-refractivity contribution in [2.24, 2.45) is 29.6 Å². The van der Waals surface area contributed by atoms with E-state index >= 15 is 0 Å². The van der Waals surface area contributed by atoms with Crippen LogP contribution in [-0.2, 0) is 19.5 Å². The first kappa shape index (κ1) is 30.1. The maximum Gasteiger partial charge on any atom is 0 e. The van der Waals surface area contributed by atoms with E-state index in [9.17, 15) is 0 Å². The van der Waals surface area contributed by atoms with Crippen LogP contribution in [0.3, 0.4) is 0 Å². The van der Waals surface area contributed by atoms with E-state index in [0.29, 0.717) is 0 Å². The van der Waals surface area contributed by atoms with E-state index in [2.05, 4.69) is 34.6 Å². The second kappa shape index (κ2) is 12.2. The van der Waals surface area contributed by atoms with E-state index in [4.69, 9.17) is 0 Å². The van der Waals surface area contributed by atoms with Gasteiger partial charge in [0.25, 0.3) is 0 Å². The van der Waals surface area contributed by atoms with Crippen LogP contribution >= 0.6 is 49.6 Å². The van der Waals surface area contributed by atoms with Crippen LogP contribution in [0.5, 0.6) is 0 Å². The molecule has 1 aliphatic carbocycles. The summed E-state index contributed by atoms with van der Waals surface area (Å²) in [6, 6.07) is 0. The molecule has 0 aromatic rings. The predicted molar refractivity (Wildman–Crippen MR) is 74.8 cm³/mol. The quantitative estimate of drug-likeness (QED) is 0.519. The SMILES string of the molecule is CC1C(C)C(C)C(C)C1C.Cl.Cl.Cl.Cl.[Rh]. The molecule has 101 valence electrons. The second-order valence-electron chi connectivity index (χ2n) is 4.30. The summed E-state index contributed by atoms with van der Waals surface area (Å²) in [6.07, 6.45) is 0. The van der Waals surface area contributed by atoms with Gasteiger partial charge in [0.2, 0.25) is 0 Å². The predicted octanol–water partition coefficient (Wildman–Crippen LogP) is 4.87. The van der Waals surface area contributed by atoms with Crippen LogP contribution in [0.15, 0.2) is 0 Å². The van der Waals surface area contributed by atoms with Crippen LogP contribution < -0.4 is 0 Å². The van der Waals surface area contributed by atoms with E-state index in [1.54, 1.807) is 0 Å². The van der Waals surface area contributed by atoms with Crippen LogP contribution in [0.2, 0.25) is 0 Å². The fourth-order valence-electron chi connectivity index (χ4n) is 2.39. The second-order valence-corrected chi connectivity index (χ2v) is 4.30.